The Labute approximate surface area is 176 Å². The molecule has 0 fully saturated rings. The quantitative estimate of drug-likeness (QED) is 0.471. The van der Waals surface area contributed by atoms with Gasteiger partial charge in [0.05, 0.1) is 17.0 Å². The zero-order valence-electron chi connectivity index (χ0n) is 15.0. The summed E-state index contributed by atoms with van der Waals surface area (Å²) in [6.07, 6.45) is 3.69. The van der Waals surface area contributed by atoms with Crippen molar-refractivity contribution in [2.24, 2.45) is 0 Å². The van der Waals surface area contributed by atoms with Gasteiger partial charge < -0.3 is 9.84 Å². The molecule has 1 N–H and O–H groups in total. The highest BCUT2D eigenvalue weighted by Gasteiger charge is 2.15. The van der Waals surface area contributed by atoms with Crippen LogP contribution in [0.5, 0.6) is 0 Å². The topological polar surface area (TPSA) is 80.9 Å². The Bertz CT molecular complexity index is 1160. The van der Waals surface area contributed by atoms with Crippen molar-refractivity contribution in [2.75, 3.05) is 5.32 Å². The van der Waals surface area contributed by atoms with Crippen LogP contribution in [0.4, 0.5) is 5.69 Å². The van der Waals surface area contributed by atoms with E-state index < -0.39 is 0 Å². The van der Waals surface area contributed by atoms with Gasteiger partial charge in [-0.3, -0.25) is 9.78 Å². The maximum atomic E-state index is 12.7. The molecule has 0 saturated carbocycles. The largest absolute Gasteiger partial charge is 0.339 e. The molecule has 0 spiro atoms. The highest BCUT2D eigenvalue weighted by molar-refractivity contribution is 6.36. The number of para-hydroxylation sites is 1. The van der Waals surface area contributed by atoms with E-state index >= 15 is 0 Å². The van der Waals surface area contributed by atoms with Crippen LogP contribution in [0, 0.1) is 0 Å². The molecule has 0 aliphatic carbocycles. The highest BCUT2D eigenvalue weighted by Crippen LogP contribution is 2.24. The Hall–Kier alpha value is -3.22. The second-order valence-electron chi connectivity index (χ2n) is 6.16. The Morgan fingerprint density at radius 1 is 1.03 bits per heavy atom. The first kappa shape index (κ1) is 19.1. The van der Waals surface area contributed by atoms with Crippen LogP contribution < -0.4 is 5.32 Å². The zero-order chi connectivity index (χ0) is 20.2. The van der Waals surface area contributed by atoms with Gasteiger partial charge >= 0.3 is 0 Å². The van der Waals surface area contributed by atoms with Crippen LogP contribution in [-0.2, 0) is 6.42 Å². The van der Waals surface area contributed by atoms with E-state index in [1.54, 1.807) is 42.7 Å². The standard InChI is InChI=1S/C21H14Cl2N4O2/c22-15-5-6-17(23)16(12-15)21(28)25-18-4-2-1-3-14(18)11-19-26-20(27-29-19)13-7-9-24-10-8-13/h1-10,12H,11H2,(H,25,28). The van der Waals surface area contributed by atoms with Crippen LogP contribution in [-0.4, -0.2) is 21.0 Å². The fourth-order valence-electron chi connectivity index (χ4n) is 2.77. The maximum Gasteiger partial charge on any atom is 0.257 e. The van der Waals surface area contributed by atoms with Crippen LogP contribution in [0.2, 0.25) is 10.0 Å². The van der Waals surface area contributed by atoms with E-state index in [0.29, 0.717) is 39.4 Å². The van der Waals surface area contributed by atoms with Crippen LogP contribution >= 0.6 is 23.2 Å². The molecule has 8 heteroatoms. The van der Waals surface area contributed by atoms with E-state index in [9.17, 15) is 4.79 Å². The maximum absolute atomic E-state index is 12.7. The Kier molecular flexibility index (Phi) is 5.55. The van der Waals surface area contributed by atoms with Gasteiger partial charge in [-0.1, -0.05) is 46.6 Å². The molecule has 2 heterocycles. The van der Waals surface area contributed by atoms with Gasteiger partial charge in [0.2, 0.25) is 11.7 Å². The van der Waals surface area contributed by atoms with E-state index in [-0.39, 0.29) is 5.91 Å². The summed E-state index contributed by atoms with van der Waals surface area (Å²) < 4.78 is 5.37. The first-order chi connectivity index (χ1) is 14.1. The van der Waals surface area contributed by atoms with E-state index in [2.05, 4.69) is 20.4 Å². The van der Waals surface area contributed by atoms with Gasteiger partial charge in [-0.05, 0) is 42.0 Å². The molecule has 0 atom stereocenters. The number of rotatable bonds is 5. The number of hydrogen-bond acceptors (Lipinski definition) is 5. The molecule has 1 amide bonds. The first-order valence-electron chi connectivity index (χ1n) is 8.67. The van der Waals surface area contributed by atoms with Crippen molar-refractivity contribution in [3.8, 4) is 11.4 Å². The third kappa shape index (κ3) is 4.45. The van der Waals surface area contributed by atoms with Crippen molar-refractivity contribution in [1.29, 1.82) is 0 Å². The van der Waals surface area contributed by atoms with Crippen molar-refractivity contribution < 1.29 is 9.32 Å². The third-order valence-electron chi connectivity index (χ3n) is 4.19. The Morgan fingerprint density at radius 2 is 1.83 bits per heavy atom. The van der Waals surface area contributed by atoms with Gasteiger partial charge in [-0.15, -0.1) is 0 Å². The van der Waals surface area contributed by atoms with Crippen molar-refractivity contribution in [3.05, 3.63) is 94.1 Å². The number of nitrogens with zero attached hydrogens (tertiary/aromatic N) is 3. The van der Waals surface area contributed by atoms with Crippen molar-refractivity contribution >= 4 is 34.8 Å². The number of halogens is 2. The Balaban J connectivity index is 1.55. The molecular formula is C21H14Cl2N4O2. The lowest BCUT2D eigenvalue weighted by Gasteiger charge is -2.11. The van der Waals surface area contributed by atoms with Crippen LogP contribution in [0.3, 0.4) is 0 Å². The molecule has 0 saturated heterocycles. The summed E-state index contributed by atoms with van der Waals surface area (Å²) in [7, 11) is 0. The number of aromatic nitrogens is 3. The van der Waals surface area contributed by atoms with Gasteiger partial charge in [-0.25, -0.2) is 0 Å². The number of benzene rings is 2. The molecule has 0 radical (unpaired) electrons. The van der Waals surface area contributed by atoms with Gasteiger partial charge in [0.15, 0.2) is 0 Å². The second-order valence-corrected chi connectivity index (χ2v) is 7.00. The molecule has 144 valence electrons. The average molecular weight is 425 g/mol. The van der Waals surface area contributed by atoms with Crippen LogP contribution in [0.15, 0.2) is 71.5 Å². The number of carbonyl (C=O) groups excluding carboxylic acids is 1. The number of pyridine rings is 1. The first-order valence-corrected chi connectivity index (χ1v) is 9.43. The second kappa shape index (κ2) is 8.43. The predicted molar refractivity (Wildman–Crippen MR) is 111 cm³/mol. The minimum Gasteiger partial charge on any atom is -0.339 e. The van der Waals surface area contributed by atoms with E-state index in [0.717, 1.165) is 11.1 Å². The zero-order valence-corrected chi connectivity index (χ0v) is 16.5. The minimum atomic E-state index is -0.354. The molecule has 4 aromatic rings. The van der Waals surface area contributed by atoms with Crippen molar-refractivity contribution in [1.82, 2.24) is 15.1 Å². The van der Waals surface area contributed by atoms with Crippen LogP contribution in [0.1, 0.15) is 21.8 Å². The summed E-state index contributed by atoms with van der Waals surface area (Å²) in [6, 6.07) is 15.7. The lowest BCUT2D eigenvalue weighted by Crippen LogP contribution is -2.14. The number of anilines is 1. The van der Waals surface area contributed by atoms with Gasteiger partial charge in [0, 0.05) is 28.7 Å². The number of amides is 1. The number of hydrogen-bond donors (Lipinski definition) is 1. The smallest absolute Gasteiger partial charge is 0.257 e. The fourth-order valence-corrected chi connectivity index (χ4v) is 3.14. The summed E-state index contributed by atoms with van der Waals surface area (Å²) in [5.41, 5.74) is 2.56. The molecule has 0 bridgehead atoms. The number of carbonyl (C=O) groups is 1. The van der Waals surface area contributed by atoms with Gasteiger partial charge in [-0.2, -0.15) is 4.98 Å². The molecule has 29 heavy (non-hydrogen) atoms. The predicted octanol–water partition coefficient (Wildman–Crippen LogP) is 5.28. The van der Waals surface area contributed by atoms with Crippen molar-refractivity contribution in [3.63, 3.8) is 0 Å². The third-order valence-corrected chi connectivity index (χ3v) is 4.75. The fraction of sp³-hybridized carbons (Fsp3) is 0.0476. The minimum absolute atomic E-state index is 0.298. The number of nitrogens with one attached hydrogen (secondary N) is 1. The highest BCUT2D eigenvalue weighted by atomic mass is 35.5. The molecule has 4 rings (SSSR count). The molecule has 0 unspecified atom stereocenters. The van der Waals surface area contributed by atoms with E-state index in [1.165, 1.54) is 6.07 Å². The monoisotopic (exact) mass is 424 g/mol. The van der Waals surface area contributed by atoms with E-state index in [4.69, 9.17) is 27.7 Å². The lowest BCUT2D eigenvalue weighted by atomic mass is 10.1. The molecule has 0 aliphatic rings. The lowest BCUT2D eigenvalue weighted by molar-refractivity contribution is 0.102. The average Bonchev–Trinajstić information content (AvgIpc) is 3.20. The molecule has 2 aromatic heterocycles. The van der Waals surface area contributed by atoms with Crippen molar-refractivity contribution in [2.45, 2.75) is 6.42 Å². The van der Waals surface area contributed by atoms with E-state index in [1.807, 2.05) is 18.2 Å². The van der Waals surface area contributed by atoms with Gasteiger partial charge in [0.1, 0.15) is 0 Å². The van der Waals surface area contributed by atoms with Crippen LogP contribution in [0.25, 0.3) is 11.4 Å². The van der Waals surface area contributed by atoms with Gasteiger partial charge in [0.25, 0.3) is 5.91 Å². The summed E-state index contributed by atoms with van der Waals surface area (Å²) >= 11 is 12.1. The summed E-state index contributed by atoms with van der Waals surface area (Å²) in [5, 5.41) is 7.64. The summed E-state index contributed by atoms with van der Waals surface area (Å²) in [6.45, 7) is 0. The molecule has 6 nitrogen and oxygen atoms in total. The Morgan fingerprint density at radius 3 is 2.66 bits per heavy atom. The summed E-state index contributed by atoms with van der Waals surface area (Å²) in [4.78, 5) is 21.1. The molecule has 2 aromatic carbocycles. The molecular weight excluding hydrogens is 411 g/mol. The SMILES string of the molecule is O=C(Nc1ccccc1Cc1nc(-c2ccncc2)no1)c1cc(Cl)ccc1Cl. The molecule has 0 aliphatic heterocycles. The summed E-state index contributed by atoms with van der Waals surface area (Å²) in [5.74, 6) is 0.557. The normalized spacial score (nSPS) is 10.7.